The molecule has 0 N–H and O–H groups in total. The zero-order valence-electron chi connectivity index (χ0n) is 57.2. The second-order valence-corrected chi connectivity index (χ2v) is 28.3. The molecule has 1 heterocycles. The number of rotatable bonds is 47. The van der Waals surface area contributed by atoms with Crippen molar-refractivity contribution in [1.29, 1.82) is 0 Å². The van der Waals surface area contributed by atoms with Crippen molar-refractivity contribution in [3.8, 4) is 0 Å². The summed E-state index contributed by atoms with van der Waals surface area (Å²) in [6.07, 6.45) is 63.3. The van der Waals surface area contributed by atoms with Crippen molar-refractivity contribution in [3.63, 3.8) is 0 Å². The lowest BCUT2D eigenvalue weighted by molar-refractivity contribution is -0.699. The van der Waals surface area contributed by atoms with Gasteiger partial charge in [-0.2, -0.15) is 4.57 Å². The van der Waals surface area contributed by atoms with E-state index in [0.717, 1.165) is 79.3 Å². The van der Waals surface area contributed by atoms with Crippen molar-refractivity contribution in [2.24, 2.45) is 10.8 Å². The van der Waals surface area contributed by atoms with Crippen LogP contribution in [-0.4, -0.2) is 37.9 Å². The molecule has 0 amide bonds. The lowest BCUT2D eigenvalue weighted by Crippen LogP contribution is -2.39. The molecule has 1 aromatic rings. The third-order valence-corrected chi connectivity index (χ3v) is 18.6. The van der Waals surface area contributed by atoms with E-state index in [0.29, 0.717) is 12.8 Å². The predicted molar refractivity (Wildman–Crippen MR) is 366 cm³/mol. The van der Waals surface area contributed by atoms with Gasteiger partial charge in [0, 0.05) is 31.1 Å². The summed E-state index contributed by atoms with van der Waals surface area (Å²) >= 11 is 0. The van der Waals surface area contributed by atoms with Crippen LogP contribution in [0.1, 0.15) is 306 Å². The quantitative estimate of drug-likeness (QED) is 0.0208. The number of ether oxygens (including phenoxy) is 2. The molecule has 0 aromatic carbocycles. The molecule has 0 saturated carbocycles. The van der Waals surface area contributed by atoms with Gasteiger partial charge >= 0.3 is 11.9 Å². The minimum absolute atomic E-state index is 0.178. The summed E-state index contributed by atoms with van der Waals surface area (Å²) in [7, 11) is -4.88. The van der Waals surface area contributed by atoms with Crippen LogP contribution in [0.25, 0.3) is 12.2 Å². The second kappa shape index (κ2) is 45.2. The highest BCUT2D eigenvalue weighted by Gasteiger charge is 2.28. The highest BCUT2D eigenvalue weighted by atomic mass is 31.2. The van der Waals surface area contributed by atoms with Gasteiger partial charge < -0.3 is 23.4 Å². The Morgan fingerprint density at radius 1 is 0.586 bits per heavy atom. The van der Waals surface area contributed by atoms with Gasteiger partial charge in [-0.15, -0.1) is 0 Å². The summed E-state index contributed by atoms with van der Waals surface area (Å²) in [5, 5.41) is 0. The van der Waals surface area contributed by atoms with Gasteiger partial charge in [0.2, 0.25) is 5.69 Å². The van der Waals surface area contributed by atoms with Crippen molar-refractivity contribution >= 4 is 31.9 Å². The summed E-state index contributed by atoms with van der Waals surface area (Å²) in [6.45, 7) is 23.9. The number of aromatic nitrogens is 1. The molecule has 9 nitrogen and oxygen atoms in total. The van der Waals surface area contributed by atoms with Crippen LogP contribution in [0.2, 0.25) is 0 Å². The molecule has 0 bridgehead atoms. The number of phosphoric acid groups is 1. The van der Waals surface area contributed by atoms with Crippen LogP contribution in [0, 0.1) is 10.8 Å². The molecule has 2 atom stereocenters. The summed E-state index contributed by atoms with van der Waals surface area (Å²) in [4.78, 5) is 39.5. The molecule has 1 aromatic heterocycles. The van der Waals surface area contributed by atoms with Crippen LogP contribution in [0.15, 0.2) is 112 Å². The smallest absolute Gasteiger partial charge is 0.306 e. The molecule has 0 radical (unpaired) electrons. The molecule has 3 rings (SSSR count). The fourth-order valence-electron chi connectivity index (χ4n) is 12.2. The van der Waals surface area contributed by atoms with Gasteiger partial charge in [0.25, 0.3) is 7.82 Å². The Hall–Kier alpha value is -4.14. The van der Waals surface area contributed by atoms with Crippen LogP contribution in [0.4, 0.5) is 0 Å². The minimum Gasteiger partial charge on any atom is -0.756 e. The fourth-order valence-corrected chi connectivity index (χ4v) is 12.9. The van der Waals surface area contributed by atoms with Gasteiger partial charge in [0.15, 0.2) is 18.8 Å². The van der Waals surface area contributed by atoms with E-state index in [9.17, 15) is 19.0 Å². The van der Waals surface area contributed by atoms with E-state index < -0.39 is 32.5 Å². The van der Waals surface area contributed by atoms with E-state index in [1.165, 1.54) is 164 Å². The SMILES string of the molecule is CCCCCCCCCCCCCCCC(=O)OCC(COP(=O)([O-])OCC[n+]1ccc(C=CC=C(C)C=CC2=C(C)CCCC2(C)C)cc1C=C(C)C=CC=C(C)C=CC1=C(C)CCCC1(C)C)OC(=O)CCCCCCCCCCCCCCC. The normalized spacial score (nSPS) is 17.2. The van der Waals surface area contributed by atoms with Gasteiger partial charge in [-0.05, 0) is 119 Å². The number of hydrogen-bond acceptors (Lipinski definition) is 8. The molecule has 0 spiro atoms. The second-order valence-electron chi connectivity index (χ2n) is 26.9. The van der Waals surface area contributed by atoms with Gasteiger partial charge in [0.1, 0.15) is 13.2 Å². The summed E-state index contributed by atoms with van der Waals surface area (Å²) in [5.74, 6) is -0.867. The lowest BCUT2D eigenvalue weighted by atomic mass is 9.72. The molecule has 2 aliphatic carbocycles. The number of carbonyl (C=O) groups is 2. The zero-order chi connectivity index (χ0) is 63.6. The molecule has 0 fully saturated rings. The van der Waals surface area contributed by atoms with Gasteiger partial charge in [-0.3, -0.25) is 14.2 Å². The third kappa shape index (κ3) is 35.7. The number of hydrogen-bond donors (Lipinski definition) is 0. The summed E-state index contributed by atoms with van der Waals surface area (Å²) < 4.78 is 37.6. The first-order valence-electron chi connectivity index (χ1n) is 34.9. The highest BCUT2D eigenvalue weighted by Crippen LogP contribution is 2.42. The Morgan fingerprint density at radius 2 is 1.03 bits per heavy atom. The molecule has 0 aliphatic heterocycles. The molecule has 10 heteroatoms. The number of phosphoric ester groups is 1. The van der Waals surface area contributed by atoms with E-state index in [-0.39, 0.29) is 43.4 Å². The molecule has 2 unspecified atom stereocenters. The fraction of sp³-hybridized carbons (Fsp3) is 0.675. The van der Waals surface area contributed by atoms with Gasteiger partial charge in [-0.1, -0.05) is 279 Å². The Bertz CT molecular complexity index is 2480. The first-order chi connectivity index (χ1) is 41.7. The molecular formula is C77H124NO8P. The number of unbranched alkanes of at least 4 members (excludes halogenated alkanes) is 24. The van der Waals surface area contributed by atoms with Crippen LogP contribution in [-0.2, 0) is 39.2 Å². The molecule has 87 heavy (non-hydrogen) atoms. The van der Waals surface area contributed by atoms with Crippen molar-refractivity contribution in [2.45, 2.75) is 307 Å². The summed E-state index contributed by atoms with van der Waals surface area (Å²) in [6, 6.07) is 4.09. The molecule has 2 aliphatic rings. The average Bonchev–Trinajstić information content (AvgIpc) is 3.56. The number of allylic oxidation sites excluding steroid dienone is 16. The number of nitrogens with zero attached hydrogens (tertiary/aromatic N) is 1. The molecule has 0 saturated heterocycles. The maximum absolute atomic E-state index is 13.4. The van der Waals surface area contributed by atoms with Crippen molar-refractivity contribution in [1.82, 2.24) is 0 Å². The third-order valence-electron chi connectivity index (χ3n) is 17.6. The average molecular weight is 1220 g/mol. The van der Waals surface area contributed by atoms with E-state index in [2.05, 4.69) is 149 Å². The first kappa shape index (κ1) is 77.1. The molecule has 490 valence electrons. The standard InChI is InChI=1S/C77H124NO8P/c1-12-14-16-18-20-22-24-26-28-30-32-34-36-48-74(79)83-62-71(86-75(80)49-37-35-33-31-29-27-25-23-21-19-17-15-13-2)63-85-87(81,82)84-59-58-78-57-54-69(47-39-43-65(4)51-53-73-68(7)46-41-56-77(73,10)11)61-70(78)60-66(5)44-38-42-64(3)50-52-72-67(6)45-40-55-76(72,8)9/h38-39,42-44,47,50-54,57,60-61,71H,12-37,40-41,45-46,48-49,55-56,58-59,62-63H2,1-11H3. The number of esters is 2. The Labute approximate surface area is 532 Å². The topological polar surface area (TPSA) is 115 Å². The minimum atomic E-state index is -4.88. The van der Waals surface area contributed by atoms with Crippen molar-refractivity contribution in [3.05, 3.63) is 123 Å². The van der Waals surface area contributed by atoms with Crippen molar-refractivity contribution < 1.29 is 42.1 Å². The van der Waals surface area contributed by atoms with Crippen LogP contribution < -0.4 is 9.46 Å². The molecular weight excluding hydrogens is 1100 g/mol. The number of carbonyl (C=O) groups excluding carboxylic acids is 2. The van der Waals surface area contributed by atoms with Gasteiger partial charge in [-0.25, -0.2) is 0 Å². The van der Waals surface area contributed by atoms with Crippen molar-refractivity contribution in [2.75, 3.05) is 19.8 Å². The van der Waals surface area contributed by atoms with Crippen LogP contribution in [0.3, 0.4) is 0 Å². The monoisotopic (exact) mass is 1220 g/mol. The zero-order valence-corrected chi connectivity index (χ0v) is 58.1. The van der Waals surface area contributed by atoms with E-state index in [1.54, 1.807) is 0 Å². The first-order valence-corrected chi connectivity index (χ1v) is 36.3. The maximum atomic E-state index is 13.4. The number of pyridine rings is 1. The largest absolute Gasteiger partial charge is 0.756 e. The Balaban J connectivity index is 1.67. The summed E-state index contributed by atoms with van der Waals surface area (Å²) in [5.41, 5.74) is 11.4. The van der Waals surface area contributed by atoms with E-state index >= 15 is 0 Å². The van der Waals surface area contributed by atoms with E-state index in [1.807, 2.05) is 16.8 Å². The van der Waals surface area contributed by atoms with Gasteiger partial charge in [0.05, 0.1) is 6.61 Å². The van der Waals surface area contributed by atoms with Crippen LogP contribution >= 0.6 is 7.82 Å². The lowest BCUT2D eigenvalue weighted by Gasteiger charge is -2.33. The maximum Gasteiger partial charge on any atom is 0.306 e. The Kier molecular flexibility index (Phi) is 40.0. The van der Waals surface area contributed by atoms with Crippen LogP contribution in [0.5, 0.6) is 0 Å². The highest BCUT2D eigenvalue weighted by molar-refractivity contribution is 7.45. The Morgan fingerprint density at radius 3 is 1.51 bits per heavy atom. The predicted octanol–water partition coefficient (Wildman–Crippen LogP) is 21.9. The van der Waals surface area contributed by atoms with E-state index in [4.69, 9.17) is 18.5 Å².